The van der Waals surface area contributed by atoms with Crippen molar-refractivity contribution >= 4 is 5.71 Å². The van der Waals surface area contributed by atoms with Crippen molar-refractivity contribution in [2.24, 2.45) is 22.6 Å². The lowest BCUT2D eigenvalue weighted by Crippen LogP contribution is -2.27. The molecule has 3 atom stereocenters. The second-order valence-electron chi connectivity index (χ2n) is 8.52. The Morgan fingerprint density at radius 2 is 2.04 bits per heavy atom. The van der Waals surface area contributed by atoms with Gasteiger partial charge in [-0.3, -0.25) is 9.98 Å². The van der Waals surface area contributed by atoms with Gasteiger partial charge in [0.05, 0.1) is 5.71 Å². The van der Waals surface area contributed by atoms with Crippen LogP contribution < -0.4 is 5.73 Å². The number of fused-ring (bicyclic) bond motifs is 1. The summed E-state index contributed by atoms with van der Waals surface area (Å²) in [6, 6.07) is 7.89. The van der Waals surface area contributed by atoms with Gasteiger partial charge in [-0.1, -0.05) is 38.3 Å². The number of halogens is 1. The zero-order valence-corrected chi connectivity index (χ0v) is 17.1. The van der Waals surface area contributed by atoms with Gasteiger partial charge in [-0.25, -0.2) is 4.39 Å². The standard InChI is InChI=1S/C24H30FN3/c1-14-9-19-15(2)18(17-5-4-6-17)10-21(23-8-7-16(12-26)13-28-23)24(27-3)20(19)11-22(14)25/h7-9,11,13,15,17-18,21H,4-6,10,12,26H2,1-3H3. The van der Waals surface area contributed by atoms with Crippen LogP contribution in [0.1, 0.15) is 72.4 Å². The van der Waals surface area contributed by atoms with Crippen LogP contribution in [0.15, 0.2) is 35.5 Å². The first kappa shape index (κ1) is 19.3. The topological polar surface area (TPSA) is 51.3 Å². The predicted molar refractivity (Wildman–Crippen MR) is 112 cm³/mol. The lowest BCUT2D eigenvalue weighted by molar-refractivity contribution is 0.171. The maximum Gasteiger partial charge on any atom is 0.126 e. The molecule has 1 saturated carbocycles. The van der Waals surface area contributed by atoms with Crippen molar-refractivity contribution in [2.75, 3.05) is 7.05 Å². The number of nitrogens with two attached hydrogens (primary N) is 1. The molecule has 3 nitrogen and oxygen atoms in total. The molecule has 2 aliphatic rings. The molecule has 3 unspecified atom stereocenters. The number of aliphatic imine (C=N–C) groups is 1. The van der Waals surface area contributed by atoms with Crippen LogP contribution in [-0.2, 0) is 6.54 Å². The van der Waals surface area contributed by atoms with E-state index in [1.54, 1.807) is 6.07 Å². The first-order chi connectivity index (χ1) is 13.5. The highest BCUT2D eigenvalue weighted by atomic mass is 19.1. The molecule has 2 aliphatic carbocycles. The highest BCUT2D eigenvalue weighted by molar-refractivity contribution is 6.06. The Bertz CT molecular complexity index is 883. The summed E-state index contributed by atoms with van der Waals surface area (Å²) < 4.78 is 14.6. The highest BCUT2D eigenvalue weighted by Crippen LogP contribution is 2.49. The number of hydrogen-bond donors (Lipinski definition) is 1. The molecule has 2 N–H and O–H groups in total. The van der Waals surface area contributed by atoms with Gasteiger partial charge in [-0.05, 0) is 59.9 Å². The fourth-order valence-electron chi connectivity index (χ4n) is 5.08. The number of nitrogens with zero attached hydrogens (tertiary/aromatic N) is 2. The number of pyridine rings is 1. The van der Waals surface area contributed by atoms with E-state index >= 15 is 0 Å². The van der Waals surface area contributed by atoms with E-state index in [0.29, 0.717) is 18.4 Å². The largest absolute Gasteiger partial charge is 0.326 e. The van der Waals surface area contributed by atoms with E-state index in [1.807, 2.05) is 20.2 Å². The monoisotopic (exact) mass is 379 g/mol. The zero-order chi connectivity index (χ0) is 19.8. The summed E-state index contributed by atoms with van der Waals surface area (Å²) in [5.41, 5.74) is 11.7. The molecule has 0 aliphatic heterocycles. The molecule has 1 aromatic heterocycles. The summed E-state index contributed by atoms with van der Waals surface area (Å²) in [7, 11) is 1.83. The number of aromatic nitrogens is 1. The summed E-state index contributed by atoms with van der Waals surface area (Å²) in [5, 5.41) is 0. The van der Waals surface area contributed by atoms with E-state index in [2.05, 4.69) is 30.1 Å². The van der Waals surface area contributed by atoms with E-state index in [-0.39, 0.29) is 11.7 Å². The maximum absolute atomic E-state index is 14.6. The van der Waals surface area contributed by atoms with Gasteiger partial charge in [0.15, 0.2) is 0 Å². The van der Waals surface area contributed by atoms with Crippen LogP contribution in [0.3, 0.4) is 0 Å². The number of hydrogen-bond acceptors (Lipinski definition) is 3. The third-order valence-electron chi connectivity index (χ3n) is 7.01. The molecule has 4 rings (SSSR count). The Morgan fingerprint density at radius 1 is 1.25 bits per heavy atom. The zero-order valence-electron chi connectivity index (χ0n) is 17.1. The fourth-order valence-corrected chi connectivity index (χ4v) is 5.08. The molecule has 28 heavy (non-hydrogen) atoms. The van der Waals surface area contributed by atoms with Crippen LogP contribution >= 0.6 is 0 Å². The van der Waals surface area contributed by atoms with Gasteiger partial charge in [-0.2, -0.15) is 0 Å². The molecule has 4 heteroatoms. The molecule has 1 fully saturated rings. The van der Waals surface area contributed by atoms with Crippen LogP contribution in [0.25, 0.3) is 0 Å². The van der Waals surface area contributed by atoms with E-state index < -0.39 is 0 Å². The molecule has 2 aromatic rings. The van der Waals surface area contributed by atoms with E-state index in [4.69, 9.17) is 10.7 Å². The van der Waals surface area contributed by atoms with Gasteiger partial charge in [0, 0.05) is 37.0 Å². The number of benzene rings is 1. The first-order valence-electron chi connectivity index (χ1n) is 10.5. The number of aryl methyl sites for hydroxylation is 1. The summed E-state index contributed by atoms with van der Waals surface area (Å²) in [4.78, 5) is 9.41. The lowest BCUT2D eigenvalue weighted by Gasteiger charge is -2.38. The van der Waals surface area contributed by atoms with Gasteiger partial charge < -0.3 is 5.73 Å². The van der Waals surface area contributed by atoms with Crippen LogP contribution in [0.4, 0.5) is 4.39 Å². The van der Waals surface area contributed by atoms with E-state index in [0.717, 1.165) is 40.4 Å². The summed E-state index contributed by atoms with van der Waals surface area (Å²) in [6.07, 6.45) is 6.81. The molecule has 148 valence electrons. The van der Waals surface area contributed by atoms with Gasteiger partial charge in [0.25, 0.3) is 0 Å². The maximum atomic E-state index is 14.6. The van der Waals surface area contributed by atoms with Crippen LogP contribution in [0.2, 0.25) is 0 Å². The lowest BCUT2D eigenvalue weighted by atomic mass is 9.67. The molecular weight excluding hydrogens is 349 g/mol. The average Bonchev–Trinajstić information content (AvgIpc) is 2.77. The molecule has 0 spiro atoms. The van der Waals surface area contributed by atoms with E-state index in [9.17, 15) is 4.39 Å². The summed E-state index contributed by atoms with van der Waals surface area (Å²) in [5.74, 6) is 1.64. The quantitative estimate of drug-likeness (QED) is 0.753. The highest BCUT2D eigenvalue weighted by Gasteiger charge is 2.40. The van der Waals surface area contributed by atoms with Crippen LogP contribution in [-0.4, -0.2) is 17.7 Å². The second-order valence-corrected chi connectivity index (χ2v) is 8.52. The van der Waals surface area contributed by atoms with Crippen molar-refractivity contribution in [1.82, 2.24) is 4.98 Å². The Kier molecular flexibility index (Phi) is 5.33. The average molecular weight is 380 g/mol. The molecule has 1 aromatic carbocycles. The number of rotatable bonds is 3. The van der Waals surface area contributed by atoms with Crippen LogP contribution in [0.5, 0.6) is 0 Å². The summed E-state index contributed by atoms with van der Waals surface area (Å²) >= 11 is 0. The molecule has 1 heterocycles. The van der Waals surface area contributed by atoms with Gasteiger partial charge in [0.2, 0.25) is 0 Å². The minimum Gasteiger partial charge on any atom is -0.326 e. The third kappa shape index (κ3) is 3.28. The first-order valence-corrected chi connectivity index (χ1v) is 10.5. The summed E-state index contributed by atoms with van der Waals surface area (Å²) in [6.45, 7) is 4.67. The van der Waals surface area contributed by atoms with Crippen LogP contribution in [0, 0.1) is 24.6 Å². The Morgan fingerprint density at radius 3 is 2.61 bits per heavy atom. The van der Waals surface area contributed by atoms with E-state index in [1.165, 1.54) is 24.8 Å². The van der Waals surface area contributed by atoms with Gasteiger partial charge in [-0.15, -0.1) is 0 Å². The predicted octanol–water partition coefficient (Wildman–Crippen LogP) is 5.11. The van der Waals surface area contributed by atoms with Crippen molar-refractivity contribution in [3.8, 4) is 0 Å². The smallest absolute Gasteiger partial charge is 0.126 e. The van der Waals surface area contributed by atoms with Crippen molar-refractivity contribution in [3.63, 3.8) is 0 Å². The second kappa shape index (κ2) is 7.75. The van der Waals surface area contributed by atoms with Gasteiger partial charge in [0.1, 0.15) is 5.82 Å². The van der Waals surface area contributed by atoms with Crippen molar-refractivity contribution in [3.05, 3.63) is 64.2 Å². The minimum absolute atomic E-state index is 0.0910. The minimum atomic E-state index is -0.153. The SMILES string of the molecule is CN=C1c2cc(F)c(C)cc2C(C)C(C2CCC2)CC1c1ccc(CN)cn1. The third-order valence-corrected chi connectivity index (χ3v) is 7.01. The Hall–Kier alpha value is -2.07. The molecule has 0 amide bonds. The van der Waals surface area contributed by atoms with Crippen molar-refractivity contribution < 1.29 is 4.39 Å². The Labute approximate surface area is 167 Å². The Balaban J connectivity index is 1.85. The van der Waals surface area contributed by atoms with Crippen molar-refractivity contribution in [1.29, 1.82) is 0 Å². The normalized spacial score (nSPS) is 26.6. The molecule has 0 saturated heterocycles. The molecule has 0 bridgehead atoms. The molecular formula is C24H30FN3. The van der Waals surface area contributed by atoms with Gasteiger partial charge >= 0.3 is 0 Å². The fraction of sp³-hybridized carbons (Fsp3) is 0.500. The molecule has 0 radical (unpaired) electrons. The van der Waals surface area contributed by atoms with Crippen molar-refractivity contribution in [2.45, 2.75) is 57.9 Å².